The third-order valence-electron chi connectivity index (χ3n) is 3.18. The predicted molar refractivity (Wildman–Crippen MR) is 81.9 cm³/mol. The molecule has 0 radical (unpaired) electrons. The topological polar surface area (TPSA) is 63.3 Å². The second-order valence-electron chi connectivity index (χ2n) is 4.89. The molecular weight excluding hydrogens is 285 g/mol. The third kappa shape index (κ3) is 2.74. The quantitative estimate of drug-likeness (QED) is 0.733. The van der Waals surface area contributed by atoms with Crippen LogP contribution in [0.15, 0.2) is 51.7 Å². The average Bonchev–Trinajstić information content (AvgIpc) is 2.49. The summed E-state index contributed by atoms with van der Waals surface area (Å²) in [4.78, 5) is 16.1. The Bertz CT molecular complexity index is 927. The molecule has 1 aromatic heterocycles. The summed E-state index contributed by atoms with van der Waals surface area (Å²) in [7, 11) is 0. The molecule has 0 saturated heterocycles. The Labute approximate surface area is 125 Å². The lowest BCUT2D eigenvalue weighted by Gasteiger charge is -2.01. The Morgan fingerprint density at radius 3 is 2.68 bits per heavy atom. The van der Waals surface area contributed by atoms with Gasteiger partial charge in [0.05, 0.1) is 0 Å². The molecule has 3 rings (SSSR count). The highest BCUT2D eigenvalue weighted by Crippen LogP contribution is 2.16. The van der Waals surface area contributed by atoms with Crippen molar-refractivity contribution in [1.82, 2.24) is 4.98 Å². The first kappa shape index (κ1) is 14.0. The SMILES string of the molecule is Cc1ccc2oc(=O)c(/C=C(\O)c3ccc(F)cc3)nc2c1. The second-order valence-corrected chi connectivity index (χ2v) is 4.89. The highest BCUT2D eigenvalue weighted by molar-refractivity contribution is 5.78. The molecule has 110 valence electrons. The number of hydrogen-bond acceptors (Lipinski definition) is 4. The lowest BCUT2D eigenvalue weighted by Crippen LogP contribution is -2.06. The molecule has 0 atom stereocenters. The Morgan fingerprint density at radius 2 is 1.95 bits per heavy atom. The van der Waals surface area contributed by atoms with Gasteiger partial charge in [0.1, 0.15) is 17.1 Å². The summed E-state index contributed by atoms with van der Waals surface area (Å²) in [5.41, 5.74) is 1.61. The van der Waals surface area contributed by atoms with Crippen molar-refractivity contribution >= 4 is 22.9 Å². The fourth-order valence-electron chi connectivity index (χ4n) is 2.05. The van der Waals surface area contributed by atoms with Crippen LogP contribution in [-0.4, -0.2) is 10.1 Å². The van der Waals surface area contributed by atoms with Crippen LogP contribution in [0.4, 0.5) is 4.39 Å². The lowest BCUT2D eigenvalue weighted by atomic mass is 10.1. The number of aromatic nitrogens is 1. The van der Waals surface area contributed by atoms with E-state index in [-0.39, 0.29) is 11.5 Å². The van der Waals surface area contributed by atoms with Crippen molar-refractivity contribution in [3.63, 3.8) is 0 Å². The normalized spacial score (nSPS) is 11.8. The first-order valence-electron chi connectivity index (χ1n) is 6.61. The van der Waals surface area contributed by atoms with Gasteiger partial charge in [-0.05, 0) is 48.9 Å². The van der Waals surface area contributed by atoms with Crippen LogP contribution in [0.1, 0.15) is 16.8 Å². The van der Waals surface area contributed by atoms with E-state index in [0.717, 1.165) is 5.56 Å². The van der Waals surface area contributed by atoms with Gasteiger partial charge in [0.15, 0.2) is 11.3 Å². The summed E-state index contributed by atoms with van der Waals surface area (Å²) in [5.74, 6) is -0.595. The number of rotatable bonds is 2. The molecule has 0 amide bonds. The minimum absolute atomic E-state index is 0.0140. The van der Waals surface area contributed by atoms with Gasteiger partial charge in [0.25, 0.3) is 0 Å². The Hall–Kier alpha value is -2.95. The second kappa shape index (κ2) is 5.44. The zero-order chi connectivity index (χ0) is 15.7. The maximum atomic E-state index is 12.9. The van der Waals surface area contributed by atoms with Crippen molar-refractivity contribution in [3.05, 3.63) is 75.5 Å². The molecule has 1 N–H and O–H groups in total. The summed E-state index contributed by atoms with van der Waals surface area (Å²) >= 11 is 0. The first-order valence-corrected chi connectivity index (χ1v) is 6.61. The molecule has 0 bridgehead atoms. The van der Waals surface area contributed by atoms with Crippen molar-refractivity contribution < 1.29 is 13.9 Å². The maximum Gasteiger partial charge on any atom is 0.362 e. The Balaban J connectivity index is 2.09. The van der Waals surface area contributed by atoms with Gasteiger partial charge in [-0.25, -0.2) is 14.2 Å². The molecule has 4 nitrogen and oxygen atoms in total. The van der Waals surface area contributed by atoms with Crippen LogP contribution in [-0.2, 0) is 0 Å². The predicted octanol–water partition coefficient (Wildman–Crippen LogP) is 3.69. The van der Waals surface area contributed by atoms with Gasteiger partial charge in [-0.1, -0.05) is 6.07 Å². The van der Waals surface area contributed by atoms with Gasteiger partial charge in [-0.3, -0.25) is 0 Å². The molecule has 3 aromatic rings. The van der Waals surface area contributed by atoms with Crippen molar-refractivity contribution in [2.45, 2.75) is 6.92 Å². The van der Waals surface area contributed by atoms with E-state index in [1.165, 1.54) is 30.3 Å². The number of aliphatic hydroxyl groups is 1. The van der Waals surface area contributed by atoms with Gasteiger partial charge in [0, 0.05) is 11.6 Å². The van der Waals surface area contributed by atoms with Crippen LogP contribution in [0, 0.1) is 12.7 Å². The zero-order valence-corrected chi connectivity index (χ0v) is 11.7. The molecule has 0 aliphatic carbocycles. The van der Waals surface area contributed by atoms with Crippen molar-refractivity contribution in [3.8, 4) is 0 Å². The molecule has 1 heterocycles. The summed E-state index contributed by atoms with van der Waals surface area (Å²) in [6, 6.07) is 10.5. The van der Waals surface area contributed by atoms with Crippen LogP contribution in [0.2, 0.25) is 0 Å². The van der Waals surface area contributed by atoms with E-state index in [1.807, 2.05) is 13.0 Å². The van der Waals surface area contributed by atoms with Crippen LogP contribution < -0.4 is 5.63 Å². The molecule has 0 fully saturated rings. The van der Waals surface area contributed by atoms with Crippen molar-refractivity contribution in [1.29, 1.82) is 0 Å². The minimum Gasteiger partial charge on any atom is -0.507 e. The molecule has 2 aromatic carbocycles. The van der Waals surface area contributed by atoms with Crippen molar-refractivity contribution in [2.75, 3.05) is 0 Å². The molecule has 0 aliphatic heterocycles. The van der Waals surface area contributed by atoms with Gasteiger partial charge >= 0.3 is 5.63 Å². The molecule has 0 aliphatic rings. The van der Waals surface area contributed by atoms with E-state index < -0.39 is 11.4 Å². The number of nitrogens with zero attached hydrogens (tertiary/aromatic N) is 1. The van der Waals surface area contributed by atoms with Gasteiger partial charge in [-0.15, -0.1) is 0 Å². The smallest absolute Gasteiger partial charge is 0.362 e. The van der Waals surface area contributed by atoms with Crippen molar-refractivity contribution in [2.24, 2.45) is 0 Å². The summed E-state index contributed by atoms with van der Waals surface area (Å²) in [6.45, 7) is 1.90. The highest BCUT2D eigenvalue weighted by Gasteiger charge is 2.08. The fourth-order valence-corrected chi connectivity index (χ4v) is 2.05. The van der Waals surface area contributed by atoms with Gasteiger partial charge < -0.3 is 9.52 Å². The van der Waals surface area contributed by atoms with Gasteiger partial charge in [0.2, 0.25) is 0 Å². The summed E-state index contributed by atoms with van der Waals surface area (Å²) < 4.78 is 18.0. The average molecular weight is 297 g/mol. The summed E-state index contributed by atoms with van der Waals surface area (Å²) in [5, 5.41) is 10.0. The molecule has 0 unspecified atom stereocenters. The van der Waals surface area contributed by atoms with Crippen LogP contribution in [0.3, 0.4) is 0 Å². The third-order valence-corrected chi connectivity index (χ3v) is 3.18. The minimum atomic E-state index is -0.648. The molecule has 0 spiro atoms. The molecule has 0 saturated carbocycles. The largest absolute Gasteiger partial charge is 0.507 e. The number of aliphatic hydroxyl groups excluding tert-OH is 1. The molecule has 5 heteroatoms. The molecular formula is C17H12FNO3. The van der Waals surface area contributed by atoms with E-state index in [4.69, 9.17) is 4.42 Å². The van der Waals surface area contributed by atoms with Crippen LogP contribution in [0.5, 0.6) is 0 Å². The van der Waals surface area contributed by atoms with Crippen LogP contribution in [0.25, 0.3) is 22.9 Å². The standard InChI is InChI=1S/C17H12FNO3/c1-10-2-7-16-13(8-10)19-14(17(21)22-16)9-15(20)11-3-5-12(18)6-4-11/h2-9,20H,1H3/b15-9-. The summed E-state index contributed by atoms with van der Waals surface area (Å²) in [6.07, 6.45) is 1.21. The monoisotopic (exact) mass is 297 g/mol. The van der Waals surface area contributed by atoms with E-state index in [1.54, 1.807) is 12.1 Å². The number of halogens is 1. The first-order chi connectivity index (χ1) is 10.5. The van der Waals surface area contributed by atoms with E-state index in [2.05, 4.69) is 4.98 Å². The van der Waals surface area contributed by atoms with Gasteiger partial charge in [-0.2, -0.15) is 0 Å². The number of benzene rings is 2. The highest BCUT2D eigenvalue weighted by atomic mass is 19.1. The number of fused-ring (bicyclic) bond motifs is 1. The fraction of sp³-hybridized carbons (Fsp3) is 0.0588. The zero-order valence-electron chi connectivity index (χ0n) is 11.7. The van der Waals surface area contributed by atoms with E-state index >= 15 is 0 Å². The molecule has 22 heavy (non-hydrogen) atoms. The maximum absolute atomic E-state index is 12.9. The van der Waals surface area contributed by atoms with E-state index in [9.17, 15) is 14.3 Å². The lowest BCUT2D eigenvalue weighted by molar-refractivity contribution is 0.513. The van der Waals surface area contributed by atoms with E-state index in [0.29, 0.717) is 16.7 Å². The Morgan fingerprint density at radius 1 is 1.23 bits per heavy atom. The Kier molecular flexibility index (Phi) is 3.47. The van der Waals surface area contributed by atoms with Crippen LogP contribution >= 0.6 is 0 Å². The number of aryl methyl sites for hydroxylation is 1. The number of hydrogen-bond donors (Lipinski definition) is 1.